The van der Waals surface area contributed by atoms with Crippen LogP contribution in [0.5, 0.6) is 0 Å². The lowest BCUT2D eigenvalue weighted by atomic mass is 9.93. The van der Waals surface area contributed by atoms with E-state index in [1.54, 1.807) is 6.92 Å². The second-order valence-electron chi connectivity index (χ2n) is 4.09. The molecule has 1 fully saturated rings. The molecule has 1 aliphatic heterocycles. The second kappa shape index (κ2) is 6.02. The zero-order valence-corrected chi connectivity index (χ0v) is 9.38. The molecule has 3 nitrogen and oxygen atoms in total. The van der Waals surface area contributed by atoms with Gasteiger partial charge < -0.3 is 10.2 Å². The van der Waals surface area contributed by atoms with Gasteiger partial charge in [0, 0.05) is 20.0 Å². The highest BCUT2D eigenvalue weighted by Gasteiger charge is 2.19. The summed E-state index contributed by atoms with van der Waals surface area (Å²) in [5.74, 6) is 1.06. The van der Waals surface area contributed by atoms with E-state index in [0.717, 1.165) is 32.1 Å². The number of carbonyl (C=O) groups excluding carboxylic acids is 1. The first kappa shape index (κ1) is 11.5. The summed E-state index contributed by atoms with van der Waals surface area (Å²) < 4.78 is 0. The molecule has 1 rings (SSSR count). The van der Waals surface area contributed by atoms with Crippen molar-refractivity contribution in [1.29, 1.82) is 0 Å². The molecule has 1 N–H and O–H groups in total. The summed E-state index contributed by atoms with van der Waals surface area (Å²) in [5.41, 5.74) is 0. The van der Waals surface area contributed by atoms with Crippen LogP contribution in [-0.2, 0) is 4.79 Å². The molecule has 14 heavy (non-hydrogen) atoms. The Morgan fingerprint density at radius 2 is 2.07 bits per heavy atom. The number of hydrogen-bond acceptors (Lipinski definition) is 2. The summed E-state index contributed by atoms with van der Waals surface area (Å²) in [6, 6.07) is 0. The molecule has 0 bridgehead atoms. The third kappa shape index (κ3) is 3.66. The molecule has 0 aromatic heterocycles. The number of rotatable bonds is 4. The Labute approximate surface area is 86.9 Å². The Kier molecular flexibility index (Phi) is 4.94. The minimum Gasteiger partial charge on any atom is -0.343 e. The number of piperidine rings is 1. The van der Waals surface area contributed by atoms with Gasteiger partial charge in [-0.05, 0) is 38.3 Å². The molecule has 1 heterocycles. The van der Waals surface area contributed by atoms with Gasteiger partial charge in [-0.2, -0.15) is 0 Å². The van der Waals surface area contributed by atoms with E-state index in [2.05, 4.69) is 12.2 Å². The van der Waals surface area contributed by atoms with Crippen molar-refractivity contribution < 1.29 is 4.79 Å². The van der Waals surface area contributed by atoms with Gasteiger partial charge >= 0.3 is 0 Å². The maximum Gasteiger partial charge on any atom is 0.219 e. The van der Waals surface area contributed by atoms with E-state index in [-0.39, 0.29) is 5.91 Å². The van der Waals surface area contributed by atoms with Crippen LogP contribution < -0.4 is 5.32 Å². The standard InChI is InChI=1S/C11H22N2O/c1-3-12-7-4-11-5-8-13(9-6-11)10(2)14/h11-12H,3-9H2,1-2H3. The molecular weight excluding hydrogens is 176 g/mol. The fraction of sp³-hybridized carbons (Fsp3) is 0.909. The maximum absolute atomic E-state index is 11.1. The molecule has 0 saturated carbocycles. The van der Waals surface area contributed by atoms with E-state index in [0.29, 0.717) is 0 Å². The molecule has 1 saturated heterocycles. The van der Waals surface area contributed by atoms with E-state index < -0.39 is 0 Å². The van der Waals surface area contributed by atoms with Gasteiger partial charge in [0.15, 0.2) is 0 Å². The van der Waals surface area contributed by atoms with Gasteiger partial charge in [-0.1, -0.05) is 6.92 Å². The van der Waals surface area contributed by atoms with Crippen molar-refractivity contribution in [1.82, 2.24) is 10.2 Å². The molecule has 3 heteroatoms. The number of hydrogen-bond donors (Lipinski definition) is 1. The first-order valence-electron chi connectivity index (χ1n) is 5.70. The Balaban J connectivity index is 2.12. The first-order valence-corrected chi connectivity index (χ1v) is 5.70. The number of carbonyl (C=O) groups is 1. The maximum atomic E-state index is 11.1. The summed E-state index contributed by atoms with van der Waals surface area (Å²) in [4.78, 5) is 13.0. The molecule has 0 spiro atoms. The van der Waals surface area contributed by atoms with Gasteiger partial charge in [-0.15, -0.1) is 0 Å². The number of likely N-dealkylation sites (tertiary alicyclic amines) is 1. The predicted octanol–water partition coefficient (Wildman–Crippen LogP) is 1.24. The molecule has 0 aliphatic carbocycles. The average Bonchev–Trinajstić information content (AvgIpc) is 2.19. The number of amides is 1. The lowest BCUT2D eigenvalue weighted by Crippen LogP contribution is -2.37. The van der Waals surface area contributed by atoms with Crippen molar-refractivity contribution in [3.8, 4) is 0 Å². The zero-order chi connectivity index (χ0) is 10.4. The van der Waals surface area contributed by atoms with Gasteiger partial charge in [-0.3, -0.25) is 4.79 Å². The SMILES string of the molecule is CCNCCC1CCN(C(C)=O)CC1. The molecule has 1 aliphatic rings. The summed E-state index contributed by atoms with van der Waals surface area (Å²) in [7, 11) is 0. The van der Waals surface area contributed by atoms with E-state index >= 15 is 0 Å². The predicted molar refractivity (Wildman–Crippen MR) is 58.1 cm³/mol. The van der Waals surface area contributed by atoms with Gasteiger partial charge in [0.25, 0.3) is 0 Å². The minimum absolute atomic E-state index is 0.232. The molecule has 0 radical (unpaired) electrons. The van der Waals surface area contributed by atoms with Crippen molar-refractivity contribution in [2.75, 3.05) is 26.2 Å². The third-order valence-electron chi connectivity index (χ3n) is 3.04. The molecular formula is C11H22N2O. The quantitative estimate of drug-likeness (QED) is 0.689. The molecule has 0 unspecified atom stereocenters. The Morgan fingerprint density at radius 3 is 2.57 bits per heavy atom. The monoisotopic (exact) mass is 198 g/mol. The van der Waals surface area contributed by atoms with Crippen molar-refractivity contribution in [2.24, 2.45) is 5.92 Å². The molecule has 0 aromatic carbocycles. The van der Waals surface area contributed by atoms with Crippen LogP contribution in [0, 0.1) is 5.92 Å². The van der Waals surface area contributed by atoms with E-state index in [1.807, 2.05) is 4.90 Å². The molecule has 1 amide bonds. The highest BCUT2D eigenvalue weighted by atomic mass is 16.2. The van der Waals surface area contributed by atoms with Crippen LogP contribution in [0.25, 0.3) is 0 Å². The number of nitrogens with zero attached hydrogens (tertiary/aromatic N) is 1. The lowest BCUT2D eigenvalue weighted by molar-refractivity contribution is -0.130. The Hall–Kier alpha value is -0.570. The minimum atomic E-state index is 0.232. The highest BCUT2D eigenvalue weighted by Crippen LogP contribution is 2.19. The van der Waals surface area contributed by atoms with E-state index in [4.69, 9.17) is 0 Å². The van der Waals surface area contributed by atoms with Crippen molar-refractivity contribution in [2.45, 2.75) is 33.1 Å². The molecule has 0 aromatic rings. The van der Waals surface area contributed by atoms with Gasteiger partial charge in [0.05, 0.1) is 0 Å². The zero-order valence-electron chi connectivity index (χ0n) is 9.38. The first-order chi connectivity index (χ1) is 6.74. The third-order valence-corrected chi connectivity index (χ3v) is 3.04. The van der Waals surface area contributed by atoms with Crippen LogP contribution in [0.3, 0.4) is 0 Å². The molecule has 82 valence electrons. The largest absolute Gasteiger partial charge is 0.343 e. The normalized spacial score (nSPS) is 18.6. The average molecular weight is 198 g/mol. The van der Waals surface area contributed by atoms with Crippen molar-refractivity contribution in [3.05, 3.63) is 0 Å². The van der Waals surface area contributed by atoms with Crippen LogP contribution in [0.15, 0.2) is 0 Å². The van der Waals surface area contributed by atoms with Crippen LogP contribution in [0.4, 0.5) is 0 Å². The van der Waals surface area contributed by atoms with Gasteiger partial charge in [0.2, 0.25) is 5.91 Å². The van der Waals surface area contributed by atoms with Crippen LogP contribution in [0.2, 0.25) is 0 Å². The highest BCUT2D eigenvalue weighted by molar-refractivity contribution is 5.73. The summed E-state index contributed by atoms with van der Waals surface area (Å²) in [5, 5.41) is 3.35. The van der Waals surface area contributed by atoms with Crippen molar-refractivity contribution >= 4 is 5.91 Å². The summed E-state index contributed by atoms with van der Waals surface area (Å²) in [6.45, 7) is 7.92. The van der Waals surface area contributed by atoms with E-state index in [1.165, 1.54) is 19.3 Å². The Bertz CT molecular complexity index is 174. The molecule has 0 atom stereocenters. The second-order valence-corrected chi connectivity index (χ2v) is 4.09. The van der Waals surface area contributed by atoms with Crippen molar-refractivity contribution in [3.63, 3.8) is 0 Å². The van der Waals surface area contributed by atoms with E-state index in [9.17, 15) is 4.79 Å². The van der Waals surface area contributed by atoms with Crippen LogP contribution in [0.1, 0.15) is 33.1 Å². The number of nitrogens with one attached hydrogen (secondary N) is 1. The fourth-order valence-corrected chi connectivity index (χ4v) is 2.02. The summed E-state index contributed by atoms with van der Waals surface area (Å²) >= 11 is 0. The summed E-state index contributed by atoms with van der Waals surface area (Å²) in [6.07, 6.45) is 3.63. The Morgan fingerprint density at radius 1 is 1.43 bits per heavy atom. The van der Waals surface area contributed by atoms with Crippen LogP contribution >= 0.6 is 0 Å². The smallest absolute Gasteiger partial charge is 0.219 e. The van der Waals surface area contributed by atoms with Crippen LogP contribution in [-0.4, -0.2) is 37.0 Å². The van der Waals surface area contributed by atoms with Gasteiger partial charge in [0.1, 0.15) is 0 Å². The topological polar surface area (TPSA) is 32.3 Å². The lowest BCUT2D eigenvalue weighted by Gasteiger charge is -2.31. The van der Waals surface area contributed by atoms with Gasteiger partial charge in [-0.25, -0.2) is 0 Å². The fourth-order valence-electron chi connectivity index (χ4n) is 2.02.